The number of hydrogen-bond acceptors (Lipinski definition) is 5. The van der Waals surface area contributed by atoms with Gasteiger partial charge in [-0.3, -0.25) is 4.79 Å². The number of hydrogen-bond donors (Lipinski definition) is 0. The summed E-state index contributed by atoms with van der Waals surface area (Å²) in [5.41, 5.74) is 5.51. The Morgan fingerprint density at radius 1 is 0.872 bits per heavy atom. The molecule has 198 valence electrons. The maximum atomic E-state index is 13.5. The number of ether oxygens (including phenoxy) is 2. The fourth-order valence-electron chi connectivity index (χ4n) is 6.73. The number of amides is 1. The van der Waals surface area contributed by atoms with Gasteiger partial charge in [-0.05, 0) is 78.6 Å². The highest BCUT2D eigenvalue weighted by molar-refractivity contribution is 5.98. The quantitative estimate of drug-likeness (QED) is 0.254. The molecule has 0 spiro atoms. The van der Waals surface area contributed by atoms with Crippen molar-refractivity contribution in [2.24, 2.45) is 5.92 Å². The average molecular weight is 521 g/mol. The highest BCUT2D eigenvalue weighted by Crippen LogP contribution is 2.45. The Kier molecular flexibility index (Phi) is 7.06. The first-order valence-electron chi connectivity index (χ1n) is 13.9. The van der Waals surface area contributed by atoms with Crippen molar-refractivity contribution in [2.45, 2.75) is 56.5 Å². The monoisotopic (exact) mass is 520 g/mol. The van der Waals surface area contributed by atoms with Crippen LogP contribution in [-0.4, -0.2) is 42.1 Å². The Hall–Kier alpha value is -4.11. The molecular formula is C33H32N2O4. The maximum absolute atomic E-state index is 13.5. The average Bonchev–Trinajstić information content (AvgIpc) is 3.29. The first-order chi connectivity index (χ1) is 19.1. The Morgan fingerprint density at radius 3 is 2.10 bits per heavy atom. The van der Waals surface area contributed by atoms with Crippen molar-refractivity contribution in [3.63, 3.8) is 0 Å². The topological polar surface area (TPSA) is 79.6 Å². The summed E-state index contributed by atoms with van der Waals surface area (Å²) >= 11 is 0. The van der Waals surface area contributed by atoms with E-state index in [-0.39, 0.29) is 35.8 Å². The third-order valence-electron chi connectivity index (χ3n) is 8.51. The number of benzene rings is 3. The fourth-order valence-corrected chi connectivity index (χ4v) is 6.73. The first kappa shape index (κ1) is 25.2. The van der Waals surface area contributed by atoms with E-state index in [1.54, 1.807) is 24.3 Å². The third-order valence-corrected chi connectivity index (χ3v) is 8.51. The van der Waals surface area contributed by atoms with Gasteiger partial charge in [0.1, 0.15) is 19.0 Å². The number of fused-ring (bicyclic) bond motifs is 5. The molecule has 3 aliphatic rings. The molecule has 39 heavy (non-hydrogen) atoms. The van der Waals surface area contributed by atoms with Gasteiger partial charge in [0.25, 0.3) is 0 Å². The summed E-state index contributed by atoms with van der Waals surface area (Å²) in [5, 5.41) is 8.67. The first-order valence-corrected chi connectivity index (χ1v) is 13.9. The molecule has 1 amide bonds. The lowest BCUT2D eigenvalue weighted by molar-refractivity contribution is 0.00651. The molecule has 2 atom stereocenters. The molecule has 2 fully saturated rings. The van der Waals surface area contributed by atoms with Crippen LogP contribution in [0.2, 0.25) is 0 Å². The highest BCUT2D eigenvalue weighted by atomic mass is 16.6. The van der Waals surface area contributed by atoms with E-state index in [9.17, 15) is 9.59 Å². The summed E-state index contributed by atoms with van der Waals surface area (Å²) in [4.78, 5) is 28.8. The van der Waals surface area contributed by atoms with E-state index in [1.165, 1.54) is 22.3 Å². The maximum Gasteiger partial charge on any atom is 0.410 e. The van der Waals surface area contributed by atoms with E-state index in [1.807, 2.05) is 17.0 Å². The van der Waals surface area contributed by atoms with Gasteiger partial charge in [-0.15, -0.1) is 0 Å². The molecule has 3 aromatic carbocycles. The minimum Gasteiger partial charge on any atom is -0.493 e. The van der Waals surface area contributed by atoms with Crippen LogP contribution in [0, 0.1) is 17.2 Å². The van der Waals surface area contributed by atoms with E-state index in [0.717, 1.165) is 19.3 Å². The van der Waals surface area contributed by atoms with Crippen LogP contribution in [0.5, 0.6) is 5.75 Å². The zero-order valence-corrected chi connectivity index (χ0v) is 21.9. The number of rotatable bonds is 7. The van der Waals surface area contributed by atoms with Crippen molar-refractivity contribution in [1.29, 1.82) is 5.26 Å². The molecule has 1 aliphatic carbocycles. The standard InChI is InChI=1S/C33H32N2O4/c34-17-6-18-38-26-15-13-22(14-16-26)32(36)23-19-24-7-5-8-25(20-23)35(24)33(37)39-21-31-29-11-3-1-9-27(29)28-10-2-4-12-30(28)31/h1-4,9-16,23-25,31H,5-8,18-21H2. The minimum absolute atomic E-state index is 0.0238. The molecule has 0 aromatic heterocycles. The van der Waals surface area contributed by atoms with Crippen LogP contribution in [0.1, 0.15) is 65.9 Å². The van der Waals surface area contributed by atoms with Crippen LogP contribution in [0.25, 0.3) is 11.1 Å². The molecule has 0 radical (unpaired) electrons. The summed E-state index contributed by atoms with van der Waals surface area (Å²) in [6.45, 7) is 0.648. The van der Waals surface area contributed by atoms with Gasteiger partial charge >= 0.3 is 6.09 Å². The summed E-state index contributed by atoms with van der Waals surface area (Å²) in [6.07, 6.45) is 4.27. The van der Waals surface area contributed by atoms with Gasteiger partial charge < -0.3 is 14.4 Å². The molecule has 0 N–H and O–H groups in total. The van der Waals surface area contributed by atoms with Crippen molar-refractivity contribution in [3.05, 3.63) is 89.5 Å². The molecule has 2 unspecified atom stereocenters. The zero-order chi connectivity index (χ0) is 26.8. The molecule has 2 aliphatic heterocycles. The molecule has 6 nitrogen and oxygen atoms in total. The lowest BCUT2D eigenvalue weighted by atomic mass is 9.76. The molecule has 2 heterocycles. The van der Waals surface area contributed by atoms with Gasteiger partial charge in [-0.2, -0.15) is 5.26 Å². The van der Waals surface area contributed by atoms with E-state index in [4.69, 9.17) is 14.7 Å². The Morgan fingerprint density at radius 2 is 1.49 bits per heavy atom. The number of Topliss-reactive ketones (excluding diaryl/α,β-unsaturated/α-hetero) is 1. The largest absolute Gasteiger partial charge is 0.493 e. The molecule has 2 bridgehead atoms. The van der Waals surface area contributed by atoms with Crippen LogP contribution in [-0.2, 0) is 4.74 Å². The van der Waals surface area contributed by atoms with Gasteiger partial charge in [0.15, 0.2) is 5.78 Å². The van der Waals surface area contributed by atoms with E-state index < -0.39 is 0 Å². The Labute approximate surface area is 229 Å². The van der Waals surface area contributed by atoms with Crippen molar-refractivity contribution >= 4 is 11.9 Å². The molecule has 0 saturated carbocycles. The van der Waals surface area contributed by atoms with Crippen molar-refractivity contribution in [3.8, 4) is 22.9 Å². The number of carbonyl (C=O) groups is 2. The lowest BCUT2D eigenvalue weighted by Crippen LogP contribution is -2.55. The Balaban J connectivity index is 1.11. The van der Waals surface area contributed by atoms with Gasteiger partial charge in [-0.1, -0.05) is 48.5 Å². The number of nitrogens with zero attached hydrogens (tertiary/aromatic N) is 2. The van der Waals surface area contributed by atoms with Crippen LogP contribution in [0.3, 0.4) is 0 Å². The summed E-state index contributed by atoms with van der Waals surface area (Å²) in [5.74, 6) is 0.710. The van der Waals surface area contributed by atoms with Crippen LogP contribution >= 0.6 is 0 Å². The predicted molar refractivity (Wildman–Crippen MR) is 148 cm³/mol. The predicted octanol–water partition coefficient (Wildman–Crippen LogP) is 6.74. The SMILES string of the molecule is N#CCCOc1ccc(C(=O)C2CC3CCCC(C2)N3C(=O)OCC2c3ccccc3-c3ccccc32)cc1. The molecule has 2 saturated heterocycles. The second-order valence-corrected chi connectivity index (χ2v) is 10.8. The van der Waals surface area contributed by atoms with Gasteiger partial charge in [-0.25, -0.2) is 4.79 Å². The smallest absolute Gasteiger partial charge is 0.410 e. The van der Waals surface area contributed by atoms with Crippen LogP contribution < -0.4 is 4.74 Å². The molecule has 3 aromatic rings. The summed E-state index contributed by atoms with van der Waals surface area (Å²) in [7, 11) is 0. The second kappa shape index (κ2) is 10.9. The van der Waals surface area contributed by atoms with Gasteiger partial charge in [0, 0.05) is 29.5 Å². The fraction of sp³-hybridized carbons (Fsp3) is 0.364. The van der Waals surface area contributed by atoms with Crippen molar-refractivity contribution in [1.82, 2.24) is 4.90 Å². The highest BCUT2D eigenvalue weighted by Gasteiger charge is 2.44. The third kappa shape index (κ3) is 4.90. The van der Waals surface area contributed by atoms with Gasteiger partial charge in [0.2, 0.25) is 0 Å². The molecule has 6 heteroatoms. The van der Waals surface area contributed by atoms with E-state index >= 15 is 0 Å². The minimum atomic E-state index is -0.253. The zero-order valence-electron chi connectivity index (χ0n) is 21.9. The normalized spacial score (nSPS) is 21.4. The van der Waals surface area contributed by atoms with Gasteiger partial charge in [0.05, 0.1) is 12.5 Å². The lowest BCUT2D eigenvalue weighted by Gasteiger charge is -2.47. The number of nitriles is 1. The van der Waals surface area contributed by atoms with Crippen molar-refractivity contribution < 1.29 is 19.1 Å². The van der Waals surface area contributed by atoms with E-state index in [2.05, 4.69) is 42.5 Å². The van der Waals surface area contributed by atoms with Crippen LogP contribution in [0.4, 0.5) is 4.79 Å². The number of ketones is 1. The number of carbonyl (C=O) groups excluding carboxylic acids is 2. The summed E-state index contributed by atoms with van der Waals surface area (Å²) in [6, 6.07) is 26.0. The van der Waals surface area contributed by atoms with Crippen molar-refractivity contribution in [2.75, 3.05) is 13.2 Å². The molecular weight excluding hydrogens is 488 g/mol. The number of piperidine rings is 2. The Bertz CT molecular complexity index is 1350. The van der Waals surface area contributed by atoms with Crippen LogP contribution in [0.15, 0.2) is 72.8 Å². The summed E-state index contributed by atoms with van der Waals surface area (Å²) < 4.78 is 11.6. The molecule has 6 rings (SSSR count). The second-order valence-electron chi connectivity index (χ2n) is 10.8. The van der Waals surface area contributed by atoms with E-state index in [0.29, 0.717) is 43.8 Å².